The summed E-state index contributed by atoms with van der Waals surface area (Å²) in [4.78, 5) is 9.94. The molecule has 0 aliphatic carbocycles. The Balaban J connectivity index is 2.88. The number of phenols is 1. The maximum Gasteiger partial charge on any atom is 0.227 e. The molecule has 0 atom stereocenters. The summed E-state index contributed by atoms with van der Waals surface area (Å²) in [5.41, 5.74) is 2.59. The number of ether oxygens (including phenoxy) is 1. The number of carbonyl (C=O) groups excluding carboxylic acids is 1. The van der Waals surface area contributed by atoms with Crippen molar-refractivity contribution < 1.29 is 14.6 Å². The van der Waals surface area contributed by atoms with Crippen molar-refractivity contribution in [2.24, 2.45) is 5.10 Å². The third kappa shape index (κ3) is 2.98. The van der Waals surface area contributed by atoms with Crippen molar-refractivity contribution in [1.82, 2.24) is 5.43 Å². The molecule has 80 valence electrons. The Morgan fingerprint density at radius 1 is 1.60 bits per heavy atom. The summed E-state index contributed by atoms with van der Waals surface area (Å²) in [6, 6.07) is 5.05. The molecule has 0 aliphatic heterocycles. The Kier molecular flexibility index (Phi) is 4.15. The van der Waals surface area contributed by atoms with Crippen LogP contribution >= 0.6 is 0 Å². The standard InChI is InChI=1S/C10H12N2O3/c1-2-15-9-5-3-4-8(10(9)14)6-11-12-7-13/h3-7,14H,2H2,1H3,(H,12,13). The molecule has 0 unspecified atom stereocenters. The molecule has 1 rings (SSSR count). The van der Waals surface area contributed by atoms with Gasteiger partial charge in [-0.3, -0.25) is 4.79 Å². The van der Waals surface area contributed by atoms with E-state index >= 15 is 0 Å². The monoisotopic (exact) mass is 208 g/mol. The van der Waals surface area contributed by atoms with Gasteiger partial charge in [-0.05, 0) is 19.1 Å². The SMILES string of the molecule is CCOc1cccc(C=NNC=O)c1O. The summed E-state index contributed by atoms with van der Waals surface area (Å²) in [5, 5.41) is 13.3. The van der Waals surface area contributed by atoms with Gasteiger partial charge in [0.05, 0.1) is 12.8 Å². The van der Waals surface area contributed by atoms with E-state index in [2.05, 4.69) is 10.5 Å². The van der Waals surface area contributed by atoms with Gasteiger partial charge in [0.25, 0.3) is 0 Å². The minimum atomic E-state index is 0.01000. The summed E-state index contributed by atoms with van der Waals surface area (Å²) in [5.74, 6) is 0.406. The number of phenolic OH excluding ortho intramolecular Hbond substituents is 1. The molecule has 0 fully saturated rings. The van der Waals surface area contributed by atoms with E-state index in [1.54, 1.807) is 18.2 Å². The number of rotatable bonds is 5. The second-order valence-corrected chi connectivity index (χ2v) is 2.63. The highest BCUT2D eigenvalue weighted by Crippen LogP contribution is 2.28. The highest BCUT2D eigenvalue weighted by atomic mass is 16.5. The molecule has 2 N–H and O–H groups in total. The number of benzene rings is 1. The van der Waals surface area contributed by atoms with E-state index in [-0.39, 0.29) is 5.75 Å². The molecule has 0 bridgehead atoms. The molecule has 1 aromatic rings. The normalized spacial score (nSPS) is 10.2. The average Bonchev–Trinajstić information content (AvgIpc) is 2.24. The number of hydrogen-bond acceptors (Lipinski definition) is 4. The molecule has 1 aromatic carbocycles. The van der Waals surface area contributed by atoms with Crippen molar-refractivity contribution in [3.05, 3.63) is 23.8 Å². The van der Waals surface area contributed by atoms with Gasteiger partial charge >= 0.3 is 0 Å². The van der Waals surface area contributed by atoms with Crippen LogP contribution in [-0.2, 0) is 4.79 Å². The first kappa shape index (κ1) is 11.0. The van der Waals surface area contributed by atoms with Crippen LogP contribution in [-0.4, -0.2) is 24.3 Å². The van der Waals surface area contributed by atoms with Gasteiger partial charge in [0.1, 0.15) is 0 Å². The highest BCUT2D eigenvalue weighted by molar-refractivity contribution is 5.85. The van der Waals surface area contributed by atoms with E-state index in [1.165, 1.54) is 6.21 Å². The Bertz CT molecular complexity index is 364. The van der Waals surface area contributed by atoms with Gasteiger partial charge in [0.15, 0.2) is 11.5 Å². The molecule has 0 aliphatic rings. The van der Waals surface area contributed by atoms with Crippen LogP contribution in [0.1, 0.15) is 12.5 Å². The number of para-hydroxylation sites is 1. The number of amides is 1. The third-order valence-electron chi connectivity index (χ3n) is 1.66. The van der Waals surface area contributed by atoms with E-state index in [4.69, 9.17) is 4.74 Å². The molecule has 0 saturated heterocycles. The summed E-state index contributed by atoms with van der Waals surface area (Å²) in [6.45, 7) is 2.30. The molecule has 0 saturated carbocycles. The molecule has 5 heteroatoms. The second kappa shape index (κ2) is 5.64. The lowest BCUT2D eigenvalue weighted by molar-refractivity contribution is -0.109. The van der Waals surface area contributed by atoms with E-state index in [0.717, 1.165) is 0 Å². The molecule has 0 spiro atoms. The van der Waals surface area contributed by atoms with Gasteiger partial charge in [-0.1, -0.05) is 6.07 Å². The average molecular weight is 208 g/mol. The zero-order valence-corrected chi connectivity index (χ0v) is 8.30. The predicted molar refractivity (Wildman–Crippen MR) is 56.1 cm³/mol. The number of carbonyl (C=O) groups is 1. The largest absolute Gasteiger partial charge is 0.504 e. The fourth-order valence-corrected chi connectivity index (χ4v) is 1.05. The van der Waals surface area contributed by atoms with Crippen molar-refractivity contribution >= 4 is 12.6 Å². The van der Waals surface area contributed by atoms with Crippen molar-refractivity contribution in [2.75, 3.05) is 6.61 Å². The fraction of sp³-hybridized carbons (Fsp3) is 0.200. The van der Waals surface area contributed by atoms with Gasteiger partial charge in [-0.2, -0.15) is 5.10 Å². The fourth-order valence-electron chi connectivity index (χ4n) is 1.05. The molecule has 0 heterocycles. The zero-order valence-electron chi connectivity index (χ0n) is 8.30. The Morgan fingerprint density at radius 3 is 3.07 bits per heavy atom. The first-order chi connectivity index (χ1) is 7.29. The molecule has 15 heavy (non-hydrogen) atoms. The third-order valence-corrected chi connectivity index (χ3v) is 1.66. The van der Waals surface area contributed by atoms with Crippen LogP contribution in [0.4, 0.5) is 0 Å². The molecular weight excluding hydrogens is 196 g/mol. The van der Waals surface area contributed by atoms with Crippen molar-refractivity contribution in [3.8, 4) is 11.5 Å². The lowest BCUT2D eigenvalue weighted by atomic mass is 10.2. The van der Waals surface area contributed by atoms with Gasteiger partial charge in [-0.15, -0.1) is 0 Å². The molecule has 1 amide bonds. The first-order valence-corrected chi connectivity index (χ1v) is 4.46. The number of nitrogens with one attached hydrogen (secondary N) is 1. The van der Waals surface area contributed by atoms with Gasteiger partial charge in [-0.25, -0.2) is 5.43 Å². The number of aromatic hydroxyl groups is 1. The van der Waals surface area contributed by atoms with Crippen LogP contribution in [0.3, 0.4) is 0 Å². The number of hydrogen-bond donors (Lipinski definition) is 2. The smallest absolute Gasteiger partial charge is 0.227 e. The number of nitrogens with zero attached hydrogens (tertiary/aromatic N) is 1. The van der Waals surface area contributed by atoms with E-state index < -0.39 is 0 Å². The van der Waals surface area contributed by atoms with Crippen LogP contribution in [0.2, 0.25) is 0 Å². The van der Waals surface area contributed by atoms with Crippen LogP contribution < -0.4 is 10.2 Å². The van der Waals surface area contributed by atoms with Gasteiger partial charge in [0.2, 0.25) is 6.41 Å². The molecule has 5 nitrogen and oxygen atoms in total. The van der Waals surface area contributed by atoms with Crippen molar-refractivity contribution in [3.63, 3.8) is 0 Å². The quantitative estimate of drug-likeness (QED) is 0.428. The minimum Gasteiger partial charge on any atom is -0.504 e. The van der Waals surface area contributed by atoms with E-state index in [9.17, 15) is 9.90 Å². The highest BCUT2D eigenvalue weighted by Gasteiger charge is 2.05. The van der Waals surface area contributed by atoms with E-state index in [1.807, 2.05) is 6.92 Å². The summed E-state index contributed by atoms with van der Waals surface area (Å²) in [7, 11) is 0. The van der Waals surface area contributed by atoms with Crippen molar-refractivity contribution in [1.29, 1.82) is 0 Å². The molecule has 0 aromatic heterocycles. The summed E-state index contributed by atoms with van der Waals surface area (Å²) < 4.78 is 5.18. The number of hydrazone groups is 1. The first-order valence-electron chi connectivity index (χ1n) is 4.46. The maximum atomic E-state index is 9.94. The predicted octanol–water partition coefficient (Wildman–Crippen LogP) is 0.871. The van der Waals surface area contributed by atoms with Crippen molar-refractivity contribution in [2.45, 2.75) is 6.92 Å². The molecule has 0 radical (unpaired) electrons. The topological polar surface area (TPSA) is 70.9 Å². The summed E-state index contributed by atoms with van der Waals surface area (Å²) >= 11 is 0. The molecular formula is C10H12N2O3. The lowest BCUT2D eigenvalue weighted by Gasteiger charge is -2.06. The second-order valence-electron chi connectivity index (χ2n) is 2.63. The zero-order chi connectivity index (χ0) is 11.1. The van der Waals surface area contributed by atoms with E-state index in [0.29, 0.717) is 24.3 Å². The Hall–Kier alpha value is -2.04. The van der Waals surface area contributed by atoms with Crippen LogP contribution in [0.15, 0.2) is 23.3 Å². The Labute approximate surface area is 87.4 Å². The van der Waals surface area contributed by atoms with Crippen LogP contribution in [0, 0.1) is 0 Å². The van der Waals surface area contributed by atoms with Gasteiger partial charge < -0.3 is 9.84 Å². The lowest BCUT2D eigenvalue weighted by Crippen LogP contribution is -2.01. The van der Waals surface area contributed by atoms with Crippen LogP contribution in [0.25, 0.3) is 0 Å². The minimum absolute atomic E-state index is 0.01000. The summed E-state index contributed by atoms with van der Waals surface area (Å²) in [6.07, 6.45) is 1.78. The maximum absolute atomic E-state index is 9.94. The van der Waals surface area contributed by atoms with Gasteiger partial charge in [0, 0.05) is 5.56 Å². The Morgan fingerprint density at radius 2 is 2.40 bits per heavy atom. The van der Waals surface area contributed by atoms with Crippen LogP contribution in [0.5, 0.6) is 11.5 Å².